The van der Waals surface area contributed by atoms with E-state index in [4.69, 9.17) is 10.5 Å². The van der Waals surface area contributed by atoms with Crippen LogP contribution in [0.5, 0.6) is 5.75 Å². The second-order valence-electron chi connectivity index (χ2n) is 4.80. The second kappa shape index (κ2) is 8.53. The molecular weight excluding hydrogens is 240 g/mol. The molecule has 0 aliphatic rings. The lowest BCUT2D eigenvalue weighted by molar-refractivity contribution is -0.123. The number of hydrogen-bond donors (Lipinski definition) is 2. The Hall–Kier alpha value is -1.55. The molecule has 19 heavy (non-hydrogen) atoms. The molecule has 0 aromatic heterocycles. The molecule has 1 aromatic rings. The summed E-state index contributed by atoms with van der Waals surface area (Å²) in [6.07, 6.45) is 2.87. The van der Waals surface area contributed by atoms with E-state index < -0.39 is 0 Å². The van der Waals surface area contributed by atoms with Crippen LogP contribution in [0, 0.1) is 0 Å². The third kappa shape index (κ3) is 6.82. The van der Waals surface area contributed by atoms with E-state index in [1.807, 2.05) is 38.1 Å². The van der Waals surface area contributed by atoms with Crippen LogP contribution in [-0.4, -0.2) is 25.1 Å². The van der Waals surface area contributed by atoms with E-state index in [0.717, 1.165) is 25.0 Å². The SMILES string of the molecule is CCCNC(=O)COc1ccc(CCC(C)N)cc1. The van der Waals surface area contributed by atoms with Gasteiger partial charge in [-0.05, 0) is 43.9 Å². The number of carbonyl (C=O) groups excluding carboxylic acids is 1. The number of nitrogens with two attached hydrogens (primary N) is 1. The van der Waals surface area contributed by atoms with Crippen LogP contribution in [0.15, 0.2) is 24.3 Å². The molecule has 1 unspecified atom stereocenters. The Labute approximate surface area is 115 Å². The standard InChI is InChI=1S/C15H24N2O2/c1-3-10-17-15(18)11-19-14-8-6-13(7-9-14)5-4-12(2)16/h6-9,12H,3-5,10-11,16H2,1-2H3,(H,17,18). The number of benzene rings is 1. The summed E-state index contributed by atoms with van der Waals surface area (Å²) < 4.78 is 5.41. The van der Waals surface area contributed by atoms with Gasteiger partial charge in [-0.2, -0.15) is 0 Å². The third-order valence-electron chi connectivity index (χ3n) is 2.75. The molecule has 3 N–H and O–H groups in total. The lowest BCUT2D eigenvalue weighted by atomic mass is 10.1. The molecule has 1 rings (SSSR count). The maximum absolute atomic E-state index is 11.4. The Morgan fingerprint density at radius 2 is 2.05 bits per heavy atom. The van der Waals surface area contributed by atoms with E-state index >= 15 is 0 Å². The number of amides is 1. The van der Waals surface area contributed by atoms with E-state index in [1.165, 1.54) is 5.56 Å². The summed E-state index contributed by atoms with van der Waals surface area (Å²) in [5.41, 5.74) is 6.96. The van der Waals surface area contributed by atoms with Gasteiger partial charge in [0, 0.05) is 12.6 Å². The van der Waals surface area contributed by atoms with Gasteiger partial charge in [-0.1, -0.05) is 19.1 Å². The maximum Gasteiger partial charge on any atom is 0.257 e. The Morgan fingerprint density at radius 1 is 1.37 bits per heavy atom. The van der Waals surface area contributed by atoms with Crippen molar-refractivity contribution < 1.29 is 9.53 Å². The van der Waals surface area contributed by atoms with Crippen LogP contribution in [-0.2, 0) is 11.2 Å². The van der Waals surface area contributed by atoms with Gasteiger partial charge in [-0.3, -0.25) is 4.79 Å². The molecule has 0 radical (unpaired) electrons. The van der Waals surface area contributed by atoms with Gasteiger partial charge in [-0.25, -0.2) is 0 Å². The highest BCUT2D eigenvalue weighted by atomic mass is 16.5. The molecule has 1 aromatic carbocycles. The summed E-state index contributed by atoms with van der Waals surface area (Å²) in [5, 5.41) is 2.77. The summed E-state index contributed by atoms with van der Waals surface area (Å²) in [7, 11) is 0. The normalized spacial score (nSPS) is 11.9. The van der Waals surface area contributed by atoms with Crippen molar-refractivity contribution in [2.75, 3.05) is 13.2 Å². The van der Waals surface area contributed by atoms with Gasteiger partial charge in [0.2, 0.25) is 0 Å². The Morgan fingerprint density at radius 3 is 2.63 bits per heavy atom. The zero-order valence-corrected chi connectivity index (χ0v) is 11.8. The molecule has 0 saturated heterocycles. The number of carbonyl (C=O) groups is 1. The minimum Gasteiger partial charge on any atom is -0.484 e. The zero-order valence-electron chi connectivity index (χ0n) is 11.8. The molecule has 0 heterocycles. The Kier molecular flexibility index (Phi) is 6.97. The average Bonchev–Trinajstić information content (AvgIpc) is 2.41. The predicted molar refractivity (Wildman–Crippen MR) is 77.2 cm³/mol. The summed E-state index contributed by atoms with van der Waals surface area (Å²) >= 11 is 0. The number of rotatable bonds is 8. The van der Waals surface area contributed by atoms with Crippen molar-refractivity contribution in [1.82, 2.24) is 5.32 Å². The van der Waals surface area contributed by atoms with Crippen LogP contribution < -0.4 is 15.8 Å². The van der Waals surface area contributed by atoms with Crippen LogP contribution in [0.2, 0.25) is 0 Å². The number of hydrogen-bond acceptors (Lipinski definition) is 3. The third-order valence-corrected chi connectivity index (χ3v) is 2.75. The fraction of sp³-hybridized carbons (Fsp3) is 0.533. The monoisotopic (exact) mass is 264 g/mol. The fourth-order valence-corrected chi connectivity index (χ4v) is 1.61. The molecule has 106 valence electrons. The van der Waals surface area contributed by atoms with E-state index in [0.29, 0.717) is 6.54 Å². The highest BCUT2D eigenvalue weighted by molar-refractivity contribution is 5.77. The van der Waals surface area contributed by atoms with Gasteiger partial charge in [0.1, 0.15) is 5.75 Å². The van der Waals surface area contributed by atoms with Gasteiger partial charge in [0.25, 0.3) is 5.91 Å². The van der Waals surface area contributed by atoms with Crippen LogP contribution >= 0.6 is 0 Å². The van der Waals surface area contributed by atoms with Crippen molar-refractivity contribution in [2.45, 2.75) is 39.2 Å². The second-order valence-corrected chi connectivity index (χ2v) is 4.80. The molecule has 0 saturated carbocycles. The van der Waals surface area contributed by atoms with Crippen molar-refractivity contribution in [1.29, 1.82) is 0 Å². The van der Waals surface area contributed by atoms with Crippen LogP contribution in [0.3, 0.4) is 0 Å². The van der Waals surface area contributed by atoms with Gasteiger partial charge >= 0.3 is 0 Å². The lowest BCUT2D eigenvalue weighted by Gasteiger charge is -2.08. The summed E-state index contributed by atoms with van der Waals surface area (Å²) in [4.78, 5) is 11.4. The largest absolute Gasteiger partial charge is 0.484 e. The van der Waals surface area contributed by atoms with Crippen molar-refractivity contribution in [3.63, 3.8) is 0 Å². The van der Waals surface area contributed by atoms with E-state index in [2.05, 4.69) is 5.32 Å². The molecule has 0 spiro atoms. The lowest BCUT2D eigenvalue weighted by Crippen LogP contribution is -2.29. The summed E-state index contributed by atoms with van der Waals surface area (Å²) in [5.74, 6) is 0.638. The molecule has 4 heteroatoms. The fourth-order valence-electron chi connectivity index (χ4n) is 1.61. The topological polar surface area (TPSA) is 64.3 Å². The Balaban J connectivity index is 2.33. The average molecular weight is 264 g/mol. The quantitative estimate of drug-likeness (QED) is 0.753. The van der Waals surface area contributed by atoms with Crippen molar-refractivity contribution >= 4 is 5.91 Å². The first-order valence-electron chi connectivity index (χ1n) is 6.85. The minimum atomic E-state index is -0.0807. The number of ether oxygens (including phenoxy) is 1. The molecular formula is C15H24N2O2. The number of nitrogens with one attached hydrogen (secondary N) is 1. The van der Waals surface area contributed by atoms with Gasteiger partial charge in [0.15, 0.2) is 6.61 Å². The zero-order chi connectivity index (χ0) is 14.1. The van der Waals surface area contributed by atoms with E-state index in [9.17, 15) is 4.79 Å². The van der Waals surface area contributed by atoms with Crippen LogP contribution in [0.1, 0.15) is 32.3 Å². The first-order chi connectivity index (χ1) is 9.11. The van der Waals surface area contributed by atoms with Gasteiger partial charge < -0.3 is 15.8 Å². The van der Waals surface area contributed by atoms with Crippen LogP contribution in [0.4, 0.5) is 0 Å². The van der Waals surface area contributed by atoms with Crippen molar-refractivity contribution in [2.24, 2.45) is 5.73 Å². The van der Waals surface area contributed by atoms with E-state index in [-0.39, 0.29) is 18.6 Å². The molecule has 0 fully saturated rings. The number of aryl methyl sites for hydroxylation is 1. The van der Waals surface area contributed by atoms with Gasteiger partial charge in [0.05, 0.1) is 0 Å². The van der Waals surface area contributed by atoms with Crippen LogP contribution in [0.25, 0.3) is 0 Å². The predicted octanol–water partition coefficient (Wildman–Crippen LogP) is 1.87. The molecule has 0 aliphatic carbocycles. The smallest absolute Gasteiger partial charge is 0.257 e. The molecule has 4 nitrogen and oxygen atoms in total. The summed E-state index contributed by atoms with van der Waals surface area (Å²) in [6.45, 7) is 4.78. The molecule has 0 bridgehead atoms. The maximum atomic E-state index is 11.4. The molecule has 1 amide bonds. The minimum absolute atomic E-state index is 0.0686. The highest BCUT2D eigenvalue weighted by Gasteiger charge is 2.02. The van der Waals surface area contributed by atoms with Gasteiger partial charge in [-0.15, -0.1) is 0 Å². The van der Waals surface area contributed by atoms with Crippen molar-refractivity contribution in [3.8, 4) is 5.75 Å². The summed E-state index contributed by atoms with van der Waals surface area (Å²) in [6, 6.07) is 8.04. The van der Waals surface area contributed by atoms with E-state index in [1.54, 1.807) is 0 Å². The Bertz CT molecular complexity index is 374. The molecule has 1 atom stereocenters. The van der Waals surface area contributed by atoms with Crippen molar-refractivity contribution in [3.05, 3.63) is 29.8 Å². The first kappa shape index (κ1) is 15.5. The molecule has 0 aliphatic heterocycles. The first-order valence-corrected chi connectivity index (χ1v) is 6.85. The highest BCUT2D eigenvalue weighted by Crippen LogP contribution is 2.13.